The van der Waals surface area contributed by atoms with Crippen LogP contribution in [0.1, 0.15) is 97.3 Å². The number of esters is 5. The molecule has 0 radical (unpaired) electrons. The van der Waals surface area contributed by atoms with Crippen LogP contribution in [-0.4, -0.2) is 125 Å². The van der Waals surface area contributed by atoms with Crippen LogP contribution in [-0.2, 0) is 57.1 Å². The van der Waals surface area contributed by atoms with Gasteiger partial charge < -0.3 is 58.2 Å². The number of furan rings is 1. The maximum Gasteiger partial charge on any atom is 0.407 e. The molecule has 1 aromatic heterocycles. The molecule has 2 aromatic rings. The number of aliphatic hydroxyl groups is 3. The Bertz CT molecular complexity index is 2210. The minimum Gasteiger partial charge on any atom is -0.467 e. The predicted octanol–water partition coefficient (Wildman–Crippen LogP) is 3.21. The van der Waals surface area contributed by atoms with Crippen LogP contribution in [0.2, 0.25) is 0 Å². The zero-order chi connectivity index (χ0) is 48.0. The topological polar surface area (TPSA) is 270 Å². The number of fused-ring (bicyclic) bond motifs is 5. The zero-order valence-corrected chi connectivity index (χ0v) is 37.7. The first-order chi connectivity index (χ1) is 30.3. The fraction of sp³-hybridized carbons (Fsp3) is 0.587. The second-order valence-corrected chi connectivity index (χ2v) is 19.1. The molecule has 3 fully saturated rings. The summed E-state index contributed by atoms with van der Waals surface area (Å²) in [5.74, 6) is -7.81. The van der Waals surface area contributed by atoms with Gasteiger partial charge in [0.15, 0.2) is 24.1 Å². The van der Waals surface area contributed by atoms with Crippen LogP contribution in [0.4, 0.5) is 4.79 Å². The monoisotopic (exact) mass is 911 g/mol. The first-order valence-corrected chi connectivity index (χ1v) is 21.2. The minimum atomic E-state index is -2.48. The van der Waals surface area contributed by atoms with Crippen molar-refractivity contribution in [1.82, 2.24) is 5.32 Å². The summed E-state index contributed by atoms with van der Waals surface area (Å²) < 4.78 is 45.8. The van der Waals surface area contributed by atoms with Crippen LogP contribution >= 0.6 is 0 Å². The summed E-state index contributed by atoms with van der Waals surface area (Å²) in [6.45, 7) is 12.2. The van der Waals surface area contributed by atoms with E-state index in [1.165, 1.54) is 58.2 Å². The molecule has 19 nitrogen and oxygen atoms in total. The summed E-state index contributed by atoms with van der Waals surface area (Å²) in [6, 6.07) is 8.96. The van der Waals surface area contributed by atoms with Gasteiger partial charge in [0.05, 0.1) is 36.4 Å². The van der Waals surface area contributed by atoms with Crippen LogP contribution in [0.5, 0.6) is 0 Å². The van der Waals surface area contributed by atoms with Gasteiger partial charge in [0, 0.05) is 32.1 Å². The standard InChI is InChI=1S/C46H57NO18/c1-23-28(62-40(55)35(52)33(27-16-13-17-58-27)47-41(56)61-21-42(4,5)6)19-46(57)38(64-39(54)26-14-11-10-12-15-26)36-44(9,37(53)34(51)32(23)43(46,7)8)29(63-31(50)20-59-24(2)48)18-30-45(36,22-60-30)65-25(3)49/h10-17,28-30,33-36,38,51-52,57H,18-22H2,1-9H3,(H,47,56)/t28-,29-,30+,33-,34+,35+,36?,38?,44+,45-,46+/m0/s1. The molecule has 2 saturated carbocycles. The molecule has 1 aromatic carbocycles. The molecule has 3 aliphatic carbocycles. The molecular weight excluding hydrogens is 854 g/mol. The number of alkyl carbamates (subject to hydrolysis) is 1. The van der Waals surface area contributed by atoms with Crippen LogP contribution in [0, 0.1) is 22.2 Å². The van der Waals surface area contributed by atoms with Crippen LogP contribution < -0.4 is 5.32 Å². The summed E-state index contributed by atoms with van der Waals surface area (Å²) in [4.78, 5) is 94.9. The summed E-state index contributed by atoms with van der Waals surface area (Å²) in [5.41, 5.74) is -8.79. The van der Waals surface area contributed by atoms with Gasteiger partial charge in [-0.2, -0.15) is 0 Å². The van der Waals surface area contributed by atoms with Crippen molar-refractivity contribution in [3.05, 3.63) is 71.2 Å². The maximum absolute atomic E-state index is 15.5. The van der Waals surface area contributed by atoms with Crippen molar-refractivity contribution in [2.75, 3.05) is 19.8 Å². The van der Waals surface area contributed by atoms with Gasteiger partial charge >= 0.3 is 35.9 Å². The number of benzene rings is 1. The van der Waals surface area contributed by atoms with E-state index in [1.807, 2.05) is 20.8 Å². The van der Waals surface area contributed by atoms with E-state index in [-0.39, 0.29) is 35.5 Å². The molecule has 19 heteroatoms. The van der Waals surface area contributed by atoms with Crippen molar-refractivity contribution in [1.29, 1.82) is 0 Å². The molecule has 2 bridgehead atoms. The quantitative estimate of drug-likeness (QED) is 0.135. The Morgan fingerprint density at radius 2 is 1.62 bits per heavy atom. The van der Waals surface area contributed by atoms with Crippen LogP contribution in [0.25, 0.3) is 0 Å². The van der Waals surface area contributed by atoms with Crippen LogP contribution in [0.15, 0.2) is 64.3 Å². The number of nitrogens with one attached hydrogen (secondary N) is 1. The molecule has 354 valence electrons. The van der Waals surface area contributed by atoms with Gasteiger partial charge in [-0.15, -0.1) is 0 Å². The molecule has 1 amide bonds. The number of aliphatic hydroxyl groups excluding tert-OH is 2. The summed E-state index contributed by atoms with van der Waals surface area (Å²) in [7, 11) is 0. The van der Waals surface area contributed by atoms with E-state index in [0.29, 0.717) is 0 Å². The van der Waals surface area contributed by atoms with Gasteiger partial charge in [-0.25, -0.2) is 19.2 Å². The Kier molecular flexibility index (Phi) is 13.5. The molecule has 1 aliphatic heterocycles. The molecule has 1 saturated heterocycles. The van der Waals surface area contributed by atoms with E-state index in [2.05, 4.69) is 5.32 Å². The highest BCUT2D eigenvalue weighted by Crippen LogP contribution is 2.64. The minimum absolute atomic E-state index is 0.0125. The fourth-order valence-corrected chi connectivity index (χ4v) is 9.85. The Labute approximate surface area is 375 Å². The van der Waals surface area contributed by atoms with Crippen molar-refractivity contribution in [3.8, 4) is 0 Å². The average Bonchev–Trinajstić information content (AvgIpc) is 3.77. The van der Waals surface area contributed by atoms with Gasteiger partial charge in [0.2, 0.25) is 0 Å². The first kappa shape index (κ1) is 48.8. The molecule has 0 spiro atoms. The summed E-state index contributed by atoms with van der Waals surface area (Å²) in [6.07, 6.45) is -11.2. The molecule has 6 rings (SSSR count). The second kappa shape index (κ2) is 18.0. The van der Waals surface area contributed by atoms with Gasteiger partial charge in [-0.05, 0) is 54.7 Å². The summed E-state index contributed by atoms with van der Waals surface area (Å²) in [5, 5.41) is 40.1. The number of carbonyl (C=O) groups excluding carboxylic acids is 7. The molecule has 4 aliphatic rings. The lowest BCUT2D eigenvalue weighted by Crippen LogP contribution is -2.82. The third-order valence-corrected chi connectivity index (χ3v) is 13.1. The van der Waals surface area contributed by atoms with Gasteiger partial charge in [0.25, 0.3) is 0 Å². The Hall–Kier alpha value is -5.63. The fourth-order valence-electron chi connectivity index (χ4n) is 9.85. The largest absolute Gasteiger partial charge is 0.467 e. The normalized spacial score (nSPS) is 31.2. The highest BCUT2D eigenvalue weighted by molar-refractivity contribution is 5.94. The number of hydrogen-bond acceptors (Lipinski definition) is 18. The van der Waals surface area contributed by atoms with E-state index < -0.39 is 137 Å². The van der Waals surface area contributed by atoms with E-state index >= 15 is 4.79 Å². The number of ether oxygens (including phenoxy) is 7. The average molecular weight is 912 g/mol. The lowest BCUT2D eigenvalue weighted by atomic mass is 9.44. The number of amides is 1. The molecule has 2 unspecified atom stereocenters. The van der Waals surface area contributed by atoms with E-state index in [0.717, 1.165) is 13.8 Å². The van der Waals surface area contributed by atoms with Crippen molar-refractivity contribution in [2.45, 2.75) is 129 Å². The van der Waals surface area contributed by atoms with Gasteiger partial charge in [0.1, 0.15) is 47.9 Å². The first-order valence-electron chi connectivity index (χ1n) is 21.2. The molecule has 2 heterocycles. The third-order valence-electron chi connectivity index (χ3n) is 13.1. The number of carbonyl (C=O) groups is 7. The lowest BCUT2D eigenvalue weighted by molar-refractivity contribution is -0.346. The molecule has 4 N–H and O–H groups in total. The highest BCUT2D eigenvalue weighted by atomic mass is 16.6. The Morgan fingerprint density at radius 1 is 0.938 bits per heavy atom. The number of ketones is 1. The van der Waals surface area contributed by atoms with Crippen molar-refractivity contribution >= 4 is 41.7 Å². The third kappa shape index (κ3) is 9.02. The number of Topliss-reactive ketones (excluding diaryl/α,β-unsaturated/α-hetero) is 1. The Morgan fingerprint density at radius 3 is 2.18 bits per heavy atom. The molecule has 11 atom stereocenters. The predicted molar refractivity (Wildman–Crippen MR) is 221 cm³/mol. The van der Waals surface area contributed by atoms with Gasteiger partial charge in [-0.1, -0.05) is 52.8 Å². The smallest absolute Gasteiger partial charge is 0.407 e. The second-order valence-electron chi connectivity index (χ2n) is 19.1. The Balaban J connectivity index is 1.50. The number of rotatable bonds is 12. The summed E-state index contributed by atoms with van der Waals surface area (Å²) >= 11 is 0. The van der Waals surface area contributed by atoms with E-state index in [9.17, 15) is 44.1 Å². The SMILES string of the molecule is CC(=O)OCC(=O)O[C@H]1C[C@H]2OC[C@@]2(OC(C)=O)C2C(OC(=O)c3ccccc3)[C@]3(O)C[C@H](OC(=O)[C@H](O)[C@@H](NC(=O)OCC(C)(C)C)c4ccco4)C(C)=C([C@@H](O)C(=O)[C@@]21C)C3(C)C. The molecular formula is C46H57NO18. The van der Waals surface area contributed by atoms with Crippen molar-refractivity contribution in [3.63, 3.8) is 0 Å². The number of hydrogen-bond donors (Lipinski definition) is 4. The maximum atomic E-state index is 15.5. The van der Waals surface area contributed by atoms with Crippen molar-refractivity contribution in [2.24, 2.45) is 22.2 Å². The highest BCUT2D eigenvalue weighted by Gasteiger charge is 2.78. The molecule has 65 heavy (non-hydrogen) atoms. The van der Waals surface area contributed by atoms with E-state index in [4.69, 9.17) is 37.6 Å². The van der Waals surface area contributed by atoms with Crippen LogP contribution in [0.3, 0.4) is 0 Å². The van der Waals surface area contributed by atoms with E-state index in [1.54, 1.807) is 18.2 Å². The van der Waals surface area contributed by atoms with Crippen molar-refractivity contribution < 1.29 is 86.5 Å². The zero-order valence-electron chi connectivity index (χ0n) is 37.7. The lowest BCUT2D eigenvalue weighted by Gasteiger charge is -2.67. The van der Waals surface area contributed by atoms with Gasteiger partial charge in [-0.3, -0.25) is 14.4 Å².